The topological polar surface area (TPSA) is 103 Å². The van der Waals surface area contributed by atoms with E-state index in [1.807, 2.05) is 56.3 Å². The zero-order valence-electron chi connectivity index (χ0n) is 21.9. The fourth-order valence-electron chi connectivity index (χ4n) is 3.92. The molecule has 11 heteroatoms. The Labute approximate surface area is 230 Å². The molecule has 0 N–H and O–H groups in total. The number of azo groups is 3. The minimum Gasteiger partial charge on any atom is -0.363 e. The van der Waals surface area contributed by atoms with E-state index >= 15 is 0 Å². The first-order valence-corrected chi connectivity index (χ1v) is 14.2. The van der Waals surface area contributed by atoms with Gasteiger partial charge in [0.15, 0.2) is 0 Å². The van der Waals surface area contributed by atoms with Crippen molar-refractivity contribution in [1.29, 1.82) is 0 Å². The Hall–Kier alpha value is -3.70. The predicted molar refractivity (Wildman–Crippen MR) is 155 cm³/mol. The van der Waals surface area contributed by atoms with E-state index < -0.39 is 0 Å². The second-order valence-electron chi connectivity index (χ2n) is 9.44. The van der Waals surface area contributed by atoms with E-state index in [1.54, 1.807) is 11.3 Å². The lowest BCUT2D eigenvalue weighted by molar-refractivity contribution is 0.798. The number of rotatable bonds is 8. The fourth-order valence-corrected chi connectivity index (χ4v) is 5.44. The van der Waals surface area contributed by atoms with Crippen LogP contribution in [0, 0.1) is 13.8 Å². The largest absolute Gasteiger partial charge is 0.363 e. The standard InChI is InChI=1S/C27H29N9S2/c1-17(2)26-28-27(38-35-26)34-32-23-10-7-20(15-19(23)4)29-31-22-9-8-21(16-18(22)3)30-33-24-11-12-25(37-24)36-13-5-6-14-36/h7-12,15-17H,5-6,13-14H2,1-4H3/b31-29+,33-30+,34-32+. The molecule has 2 aromatic heterocycles. The minimum absolute atomic E-state index is 0.269. The van der Waals surface area contributed by atoms with Crippen molar-refractivity contribution < 1.29 is 0 Å². The van der Waals surface area contributed by atoms with Gasteiger partial charge in [0.05, 0.1) is 27.8 Å². The number of anilines is 1. The van der Waals surface area contributed by atoms with E-state index in [0.717, 1.165) is 57.8 Å². The molecule has 38 heavy (non-hydrogen) atoms. The lowest BCUT2D eigenvalue weighted by Crippen LogP contribution is -2.15. The summed E-state index contributed by atoms with van der Waals surface area (Å²) in [4.78, 5) is 6.80. The van der Waals surface area contributed by atoms with Gasteiger partial charge in [-0.3, -0.25) is 0 Å². The van der Waals surface area contributed by atoms with Crippen molar-refractivity contribution in [2.24, 2.45) is 30.7 Å². The number of thiophene rings is 1. The van der Waals surface area contributed by atoms with Crippen LogP contribution >= 0.6 is 22.9 Å². The highest BCUT2D eigenvalue weighted by atomic mass is 32.1. The van der Waals surface area contributed by atoms with Crippen LogP contribution in [0.2, 0.25) is 0 Å². The van der Waals surface area contributed by atoms with Crippen LogP contribution in [0.25, 0.3) is 0 Å². The summed E-state index contributed by atoms with van der Waals surface area (Å²) in [5.41, 5.74) is 5.01. The molecule has 1 aliphatic rings. The van der Waals surface area contributed by atoms with Gasteiger partial charge in [-0.2, -0.15) is 19.6 Å². The lowest BCUT2D eigenvalue weighted by atomic mass is 10.2. The smallest absolute Gasteiger partial charge is 0.249 e. The SMILES string of the molecule is Cc1cc(/N=N/c2ccc(N3CCCC3)s2)ccc1/N=N/c1ccc(/N=N/c2nc(C(C)C)ns2)c(C)c1. The second-order valence-corrected chi connectivity index (χ2v) is 11.2. The molecule has 0 radical (unpaired) electrons. The minimum atomic E-state index is 0.269. The van der Waals surface area contributed by atoms with Gasteiger partial charge in [0.25, 0.3) is 0 Å². The van der Waals surface area contributed by atoms with Crippen LogP contribution in [-0.4, -0.2) is 22.4 Å². The highest BCUT2D eigenvalue weighted by Gasteiger charge is 2.14. The maximum atomic E-state index is 4.45. The Morgan fingerprint density at radius 3 is 2.00 bits per heavy atom. The van der Waals surface area contributed by atoms with Gasteiger partial charge in [0, 0.05) is 30.5 Å². The zero-order chi connectivity index (χ0) is 26.5. The van der Waals surface area contributed by atoms with Crippen LogP contribution in [0.4, 0.5) is 37.9 Å². The lowest BCUT2D eigenvalue weighted by Gasteiger charge is -2.13. The summed E-state index contributed by atoms with van der Waals surface area (Å²) in [5, 5.41) is 29.0. The molecule has 0 atom stereocenters. The molecule has 0 amide bonds. The Morgan fingerprint density at radius 2 is 1.39 bits per heavy atom. The van der Waals surface area contributed by atoms with Gasteiger partial charge in [0.1, 0.15) is 10.8 Å². The third-order valence-corrected chi connectivity index (χ3v) is 7.73. The van der Waals surface area contributed by atoms with Gasteiger partial charge < -0.3 is 4.90 Å². The highest BCUT2D eigenvalue weighted by molar-refractivity contribution is 7.19. The van der Waals surface area contributed by atoms with Crippen molar-refractivity contribution in [3.05, 3.63) is 65.5 Å². The van der Waals surface area contributed by atoms with Crippen molar-refractivity contribution >= 4 is 60.8 Å². The maximum absolute atomic E-state index is 4.45. The third kappa shape index (κ3) is 6.40. The summed E-state index contributed by atoms with van der Waals surface area (Å²) in [6.07, 6.45) is 2.53. The third-order valence-electron chi connectivity index (χ3n) is 6.08. The summed E-state index contributed by atoms with van der Waals surface area (Å²) in [5.74, 6) is 1.06. The van der Waals surface area contributed by atoms with Gasteiger partial charge in [0.2, 0.25) is 5.13 Å². The van der Waals surface area contributed by atoms with E-state index in [9.17, 15) is 0 Å². The van der Waals surface area contributed by atoms with Crippen molar-refractivity contribution in [2.45, 2.75) is 46.5 Å². The van der Waals surface area contributed by atoms with Crippen LogP contribution in [0.3, 0.4) is 0 Å². The van der Waals surface area contributed by atoms with Crippen molar-refractivity contribution in [3.8, 4) is 0 Å². The average Bonchev–Trinajstić information content (AvgIpc) is 3.68. The Kier molecular flexibility index (Phi) is 8.04. The van der Waals surface area contributed by atoms with Crippen LogP contribution in [0.5, 0.6) is 0 Å². The monoisotopic (exact) mass is 543 g/mol. The second kappa shape index (κ2) is 11.8. The molecule has 194 valence electrons. The molecule has 5 rings (SSSR count). The van der Waals surface area contributed by atoms with E-state index in [0.29, 0.717) is 5.13 Å². The molecule has 0 spiro atoms. The molecule has 0 saturated carbocycles. The summed E-state index contributed by atoms with van der Waals surface area (Å²) in [6, 6.07) is 15.7. The van der Waals surface area contributed by atoms with Crippen LogP contribution < -0.4 is 4.90 Å². The van der Waals surface area contributed by atoms with Crippen molar-refractivity contribution in [2.75, 3.05) is 18.0 Å². The van der Waals surface area contributed by atoms with E-state index in [2.05, 4.69) is 64.9 Å². The summed E-state index contributed by atoms with van der Waals surface area (Å²) >= 11 is 2.93. The Balaban J connectivity index is 1.22. The number of hydrogen-bond donors (Lipinski definition) is 0. The fraction of sp³-hybridized carbons (Fsp3) is 0.333. The molecular formula is C27H29N9S2. The van der Waals surface area contributed by atoms with Gasteiger partial charge in [-0.05, 0) is 86.3 Å². The number of aromatic nitrogens is 2. The molecule has 1 fully saturated rings. The first-order valence-electron chi connectivity index (χ1n) is 12.6. The molecule has 3 heterocycles. The Bertz CT molecular complexity index is 1490. The number of hydrogen-bond acceptors (Lipinski definition) is 11. The van der Waals surface area contributed by atoms with Gasteiger partial charge in [-0.15, -0.1) is 20.5 Å². The Morgan fingerprint density at radius 1 is 0.763 bits per heavy atom. The van der Waals surface area contributed by atoms with Gasteiger partial charge >= 0.3 is 0 Å². The molecule has 0 aliphatic carbocycles. The average molecular weight is 544 g/mol. The quantitative estimate of drug-likeness (QED) is 0.206. The molecule has 2 aromatic carbocycles. The maximum Gasteiger partial charge on any atom is 0.249 e. The molecule has 1 saturated heterocycles. The first kappa shape index (κ1) is 25.9. The molecule has 0 unspecified atom stereocenters. The normalized spacial score (nSPS) is 14.3. The van der Waals surface area contributed by atoms with Crippen molar-refractivity contribution in [3.63, 3.8) is 0 Å². The predicted octanol–water partition coefficient (Wildman–Crippen LogP) is 10.2. The summed E-state index contributed by atoms with van der Waals surface area (Å²) in [7, 11) is 0. The van der Waals surface area contributed by atoms with E-state index in [4.69, 9.17) is 0 Å². The van der Waals surface area contributed by atoms with E-state index in [-0.39, 0.29) is 5.92 Å². The van der Waals surface area contributed by atoms with Crippen LogP contribution in [0.15, 0.2) is 79.2 Å². The number of aryl methyl sites for hydroxylation is 2. The van der Waals surface area contributed by atoms with Crippen LogP contribution in [-0.2, 0) is 0 Å². The summed E-state index contributed by atoms with van der Waals surface area (Å²) in [6.45, 7) is 10.3. The first-order chi connectivity index (χ1) is 18.4. The zero-order valence-corrected chi connectivity index (χ0v) is 23.5. The molecule has 4 aromatic rings. The van der Waals surface area contributed by atoms with E-state index in [1.165, 1.54) is 29.4 Å². The summed E-state index contributed by atoms with van der Waals surface area (Å²) < 4.78 is 4.31. The van der Waals surface area contributed by atoms with Gasteiger partial charge in [-0.25, -0.2) is 0 Å². The van der Waals surface area contributed by atoms with Crippen LogP contribution in [0.1, 0.15) is 49.6 Å². The molecule has 0 bridgehead atoms. The van der Waals surface area contributed by atoms with Gasteiger partial charge in [-0.1, -0.05) is 25.2 Å². The number of benzene rings is 2. The van der Waals surface area contributed by atoms with Crippen molar-refractivity contribution in [1.82, 2.24) is 9.36 Å². The molecule has 1 aliphatic heterocycles. The molecular weight excluding hydrogens is 514 g/mol. The molecule has 9 nitrogen and oxygen atoms in total. The number of nitrogens with zero attached hydrogens (tertiary/aromatic N) is 9. The highest BCUT2D eigenvalue weighted by Crippen LogP contribution is 2.35.